The van der Waals surface area contributed by atoms with Crippen molar-refractivity contribution in [2.24, 2.45) is 11.8 Å². The molecule has 0 bridgehead atoms. The molecule has 2 atom stereocenters. The van der Waals surface area contributed by atoms with Crippen molar-refractivity contribution in [3.63, 3.8) is 0 Å². The Morgan fingerprint density at radius 1 is 1.33 bits per heavy atom. The zero-order valence-corrected chi connectivity index (χ0v) is 8.29. The highest BCUT2D eigenvalue weighted by Crippen LogP contribution is 2.10. The number of hydrogen-bond acceptors (Lipinski definition) is 2. The molecular weight excluding hydrogens is 154 g/mol. The molecule has 12 heavy (non-hydrogen) atoms. The molecular formula is C9H19NO2. The van der Waals surface area contributed by atoms with Gasteiger partial charge in [0.2, 0.25) is 5.91 Å². The van der Waals surface area contributed by atoms with Gasteiger partial charge in [0.15, 0.2) is 0 Å². The molecule has 1 amide bonds. The first-order valence-corrected chi connectivity index (χ1v) is 4.42. The summed E-state index contributed by atoms with van der Waals surface area (Å²) < 4.78 is 0. The molecule has 2 N–H and O–H groups in total. The minimum atomic E-state index is -0.743. The fraction of sp³-hybridized carbons (Fsp3) is 0.889. The first kappa shape index (κ1) is 11.4. The third-order valence-electron chi connectivity index (χ3n) is 1.62. The summed E-state index contributed by atoms with van der Waals surface area (Å²) in [6.07, 6.45) is 0.116. The minimum Gasteiger partial charge on any atom is -0.374 e. The van der Waals surface area contributed by atoms with E-state index in [-0.39, 0.29) is 11.8 Å². The zero-order chi connectivity index (χ0) is 9.72. The van der Waals surface area contributed by atoms with Crippen LogP contribution in [0, 0.1) is 11.8 Å². The highest BCUT2D eigenvalue weighted by Gasteiger charge is 2.14. The van der Waals surface area contributed by atoms with Crippen molar-refractivity contribution >= 4 is 5.91 Å². The number of amides is 1. The first-order chi connectivity index (χ1) is 5.43. The van der Waals surface area contributed by atoms with Gasteiger partial charge < -0.3 is 10.4 Å². The number of rotatable bonds is 4. The van der Waals surface area contributed by atoms with Gasteiger partial charge in [0.1, 0.15) is 6.23 Å². The first-order valence-electron chi connectivity index (χ1n) is 4.42. The van der Waals surface area contributed by atoms with Crippen molar-refractivity contribution in [2.45, 2.75) is 40.3 Å². The predicted octanol–water partition coefficient (Wildman–Crippen LogP) is 1.12. The van der Waals surface area contributed by atoms with Crippen LogP contribution in [0.5, 0.6) is 0 Å². The molecule has 0 radical (unpaired) electrons. The Labute approximate surface area is 74.2 Å². The van der Waals surface area contributed by atoms with Crippen LogP contribution in [0.4, 0.5) is 0 Å². The van der Waals surface area contributed by atoms with Gasteiger partial charge in [-0.25, -0.2) is 0 Å². The van der Waals surface area contributed by atoms with E-state index >= 15 is 0 Å². The van der Waals surface area contributed by atoms with Crippen molar-refractivity contribution in [3.05, 3.63) is 0 Å². The molecule has 0 aromatic carbocycles. The summed E-state index contributed by atoms with van der Waals surface area (Å²) in [5.74, 6) is 0.429. The Balaban J connectivity index is 3.77. The van der Waals surface area contributed by atoms with Crippen LogP contribution in [0.25, 0.3) is 0 Å². The Morgan fingerprint density at radius 2 is 1.83 bits per heavy atom. The SMILES string of the molecule is CC(C)CC(C)C(=O)NC(C)O. The largest absolute Gasteiger partial charge is 0.374 e. The van der Waals surface area contributed by atoms with Gasteiger partial charge in [-0.3, -0.25) is 4.79 Å². The quantitative estimate of drug-likeness (QED) is 0.626. The Hall–Kier alpha value is -0.570. The number of carbonyl (C=O) groups is 1. The topological polar surface area (TPSA) is 49.3 Å². The molecule has 0 spiro atoms. The van der Waals surface area contributed by atoms with Crippen molar-refractivity contribution in [3.8, 4) is 0 Å². The van der Waals surface area contributed by atoms with Crippen LogP contribution in [0.1, 0.15) is 34.1 Å². The van der Waals surface area contributed by atoms with E-state index in [1.807, 2.05) is 6.92 Å². The van der Waals surface area contributed by atoms with Crippen LogP contribution < -0.4 is 5.32 Å². The average Bonchev–Trinajstić information content (AvgIpc) is 1.84. The molecule has 0 fully saturated rings. The summed E-state index contributed by atoms with van der Waals surface area (Å²) in [7, 11) is 0. The fourth-order valence-electron chi connectivity index (χ4n) is 1.16. The Bertz CT molecular complexity index is 143. The van der Waals surface area contributed by atoms with E-state index in [4.69, 9.17) is 5.11 Å². The summed E-state index contributed by atoms with van der Waals surface area (Å²) >= 11 is 0. The zero-order valence-electron chi connectivity index (χ0n) is 8.29. The summed E-state index contributed by atoms with van der Waals surface area (Å²) in [6, 6.07) is 0. The number of nitrogens with one attached hydrogen (secondary N) is 1. The van der Waals surface area contributed by atoms with Crippen LogP contribution in [-0.2, 0) is 4.79 Å². The average molecular weight is 173 g/mol. The molecule has 0 rings (SSSR count). The van der Waals surface area contributed by atoms with E-state index in [2.05, 4.69) is 19.2 Å². The Kier molecular flexibility index (Phi) is 4.90. The molecule has 2 unspecified atom stereocenters. The molecule has 3 heteroatoms. The maximum absolute atomic E-state index is 11.2. The van der Waals surface area contributed by atoms with E-state index in [9.17, 15) is 4.79 Å². The molecule has 0 aliphatic rings. The molecule has 0 aromatic heterocycles. The van der Waals surface area contributed by atoms with Gasteiger partial charge in [-0.2, -0.15) is 0 Å². The van der Waals surface area contributed by atoms with Gasteiger partial charge in [-0.15, -0.1) is 0 Å². The van der Waals surface area contributed by atoms with E-state index in [0.717, 1.165) is 6.42 Å². The lowest BCUT2D eigenvalue weighted by atomic mass is 9.98. The third kappa shape index (κ3) is 5.13. The lowest BCUT2D eigenvalue weighted by Crippen LogP contribution is -2.36. The van der Waals surface area contributed by atoms with Gasteiger partial charge >= 0.3 is 0 Å². The normalized spacial score (nSPS) is 15.8. The lowest BCUT2D eigenvalue weighted by molar-refractivity contribution is -0.127. The number of hydrogen-bond donors (Lipinski definition) is 2. The second kappa shape index (κ2) is 5.14. The molecule has 0 saturated heterocycles. The van der Waals surface area contributed by atoms with Gasteiger partial charge in [0, 0.05) is 5.92 Å². The van der Waals surface area contributed by atoms with Crippen LogP contribution in [-0.4, -0.2) is 17.2 Å². The van der Waals surface area contributed by atoms with Gasteiger partial charge in [-0.1, -0.05) is 20.8 Å². The van der Waals surface area contributed by atoms with Crippen molar-refractivity contribution in [1.82, 2.24) is 5.32 Å². The summed E-state index contributed by atoms with van der Waals surface area (Å²) in [5.41, 5.74) is 0. The van der Waals surface area contributed by atoms with Gasteiger partial charge in [0.05, 0.1) is 0 Å². The predicted molar refractivity (Wildman–Crippen MR) is 48.4 cm³/mol. The van der Waals surface area contributed by atoms with Crippen LogP contribution >= 0.6 is 0 Å². The van der Waals surface area contributed by atoms with E-state index in [0.29, 0.717) is 5.92 Å². The van der Waals surface area contributed by atoms with Crippen LogP contribution in [0.15, 0.2) is 0 Å². The second-order valence-corrected chi connectivity index (χ2v) is 3.72. The van der Waals surface area contributed by atoms with Crippen molar-refractivity contribution in [1.29, 1.82) is 0 Å². The fourth-order valence-corrected chi connectivity index (χ4v) is 1.16. The summed E-state index contributed by atoms with van der Waals surface area (Å²) in [5, 5.41) is 11.3. The highest BCUT2D eigenvalue weighted by atomic mass is 16.3. The molecule has 0 heterocycles. The highest BCUT2D eigenvalue weighted by molar-refractivity contribution is 5.78. The third-order valence-corrected chi connectivity index (χ3v) is 1.62. The number of aliphatic hydroxyl groups excluding tert-OH is 1. The smallest absolute Gasteiger partial charge is 0.224 e. The minimum absolute atomic E-state index is 0.0143. The molecule has 0 aliphatic carbocycles. The maximum atomic E-state index is 11.2. The van der Waals surface area contributed by atoms with Crippen LogP contribution in [0.3, 0.4) is 0 Å². The van der Waals surface area contributed by atoms with Gasteiger partial charge in [-0.05, 0) is 19.3 Å². The molecule has 72 valence electrons. The number of aliphatic hydroxyl groups is 1. The second-order valence-electron chi connectivity index (χ2n) is 3.72. The molecule has 3 nitrogen and oxygen atoms in total. The summed E-state index contributed by atoms with van der Waals surface area (Å²) in [6.45, 7) is 7.57. The van der Waals surface area contributed by atoms with Crippen molar-refractivity contribution in [2.75, 3.05) is 0 Å². The molecule has 0 aromatic rings. The van der Waals surface area contributed by atoms with Crippen LogP contribution in [0.2, 0.25) is 0 Å². The summed E-state index contributed by atoms with van der Waals surface area (Å²) in [4.78, 5) is 11.2. The van der Waals surface area contributed by atoms with E-state index in [1.54, 1.807) is 6.92 Å². The molecule has 0 aliphatic heterocycles. The Morgan fingerprint density at radius 3 is 2.17 bits per heavy atom. The van der Waals surface area contributed by atoms with E-state index < -0.39 is 6.23 Å². The van der Waals surface area contributed by atoms with Crippen molar-refractivity contribution < 1.29 is 9.90 Å². The molecule has 0 saturated carbocycles. The monoisotopic (exact) mass is 173 g/mol. The number of carbonyl (C=O) groups excluding carboxylic acids is 1. The van der Waals surface area contributed by atoms with E-state index in [1.165, 1.54) is 0 Å². The maximum Gasteiger partial charge on any atom is 0.224 e. The van der Waals surface area contributed by atoms with Gasteiger partial charge in [0.25, 0.3) is 0 Å². The lowest BCUT2D eigenvalue weighted by Gasteiger charge is -2.15. The standard InChI is InChI=1S/C9H19NO2/c1-6(2)5-7(3)9(12)10-8(4)11/h6-8,11H,5H2,1-4H3,(H,10,12).